The molecule has 1 aromatic carbocycles. The van der Waals surface area contributed by atoms with Crippen molar-refractivity contribution in [3.8, 4) is 11.3 Å². The van der Waals surface area contributed by atoms with Gasteiger partial charge in [0.15, 0.2) is 5.82 Å². The van der Waals surface area contributed by atoms with Crippen molar-refractivity contribution in [2.24, 2.45) is 7.05 Å². The van der Waals surface area contributed by atoms with Crippen molar-refractivity contribution in [2.75, 3.05) is 10.6 Å². The quantitative estimate of drug-likeness (QED) is 0.661. The number of anilines is 2. The molecule has 1 atom stereocenters. The summed E-state index contributed by atoms with van der Waals surface area (Å²) < 4.78 is 14.6. The number of rotatable bonds is 3. The molecule has 2 amide bonds. The van der Waals surface area contributed by atoms with Crippen LogP contribution in [0.15, 0.2) is 30.3 Å². The van der Waals surface area contributed by atoms with Crippen LogP contribution in [0.25, 0.3) is 11.3 Å². The van der Waals surface area contributed by atoms with Crippen LogP contribution in [0, 0.1) is 5.82 Å². The summed E-state index contributed by atoms with van der Waals surface area (Å²) in [5.74, 6) is 0.116. The fraction of sp³-hybridized carbons (Fsp3) is 0.222. The number of nitrogens with one attached hydrogen (secondary N) is 3. The summed E-state index contributed by atoms with van der Waals surface area (Å²) in [6.45, 7) is 1.91. The van der Waals surface area contributed by atoms with Gasteiger partial charge in [0.05, 0.1) is 5.69 Å². The largest absolute Gasteiger partial charge is 0.311 e. The van der Waals surface area contributed by atoms with Crippen LogP contribution in [0.5, 0.6) is 0 Å². The molecule has 0 radical (unpaired) electrons. The van der Waals surface area contributed by atoms with E-state index in [0.29, 0.717) is 29.3 Å². The number of hydrogen-bond donors (Lipinski definition) is 3. The highest BCUT2D eigenvalue weighted by molar-refractivity contribution is 6.04. The predicted octanol–water partition coefficient (Wildman–Crippen LogP) is 2.65. The predicted molar refractivity (Wildman–Crippen MR) is 96.8 cm³/mol. The number of fused-ring (bicyclic) bond motifs is 1. The van der Waals surface area contributed by atoms with Gasteiger partial charge in [0.25, 0.3) is 5.91 Å². The maximum atomic E-state index is 13.0. The molecule has 0 saturated heterocycles. The molecule has 8 nitrogen and oxygen atoms in total. The van der Waals surface area contributed by atoms with Gasteiger partial charge >= 0.3 is 0 Å². The molecule has 0 unspecified atom stereocenters. The minimum absolute atomic E-state index is 0.0608. The van der Waals surface area contributed by atoms with Gasteiger partial charge in [0.1, 0.15) is 17.3 Å². The highest BCUT2D eigenvalue weighted by atomic mass is 19.1. The molecule has 0 saturated carbocycles. The van der Waals surface area contributed by atoms with Crippen LogP contribution < -0.4 is 10.6 Å². The van der Waals surface area contributed by atoms with Gasteiger partial charge in [-0.25, -0.2) is 4.39 Å². The Bertz CT molecular complexity index is 1040. The third kappa shape index (κ3) is 3.07. The zero-order valence-electron chi connectivity index (χ0n) is 14.7. The van der Waals surface area contributed by atoms with E-state index in [-0.39, 0.29) is 23.3 Å². The lowest BCUT2D eigenvalue weighted by Gasteiger charge is -2.20. The van der Waals surface area contributed by atoms with E-state index in [1.807, 2.05) is 6.92 Å². The number of hydrogen-bond acceptors (Lipinski definition) is 4. The van der Waals surface area contributed by atoms with Crippen molar-refractivity contribution in [2.45, 2.75) is 19.3 Å². The Morgan fingerprint density at radius 1 is 1.33 bits per heavy atom. The first kappa shape index (κ1) is 17.0. The van der Waals surface area contributed by atoms with Crippen LogP contribution >= 0.6 is 0 Å². The van der Waals surface area contributed by atoms with Gasteiger partial charge in [-0.2, -0.15) is 10.2 Å². The zero-order valence-corrected chi connectivity index (χ0v) is 14.7. The van der Waals surface area contributed by atoms with E-state index in [2.05, 4.69) is 25.9 Å². The van der Waals surface area contributed by atoms with E-state index < -0.39 is 5.91 Å². The maximum Gasteiger partial charge on any atom is 0.274 e. The lowest BCUT2D eigenvalue weighted by molar-refractivity contribution is -0.116. The van der Waals surface area contributed by atoms with Gasteiger partial charge < -0.3 is 10.6 Å². The molecule has 0 fully saturated rings. The number of carbonyl (C=O) groups is 2. The van der Waals surface area contributed by atoms with Crippen LogP contribution in [-0.2, 0) is 11.8 Å². The minimum atomic E-state index is -0.402. The molecule has 138 valence electrons. The van der Waals surface area contributed by atoms with E-state index in [0.717, 1.165) is 5.56 Å². The summed E-state index contributed by atoms with van der Waals surface area (Å²) in [4.78, 5) is 24.3. The lowest BCUT2D eigenvalue weighted by atomic mass is 9.95. The first-order valence-electron chi connectivity index (χ1n) is 8.42. The van der Waals surface area contributed by atoms with Crippen LogP contribution in [0.1, 0.15) is 35.3 Å². The van der Waals surface area contributed by atoms with Crippen molar-refractivity contribution >= 4 is 23.5 Å². The fourth-order valence-corrected chi connectivity index (χ4v) is 3.19. The molecule has 3 N–H and O–H groups in total. The van der Waals surface area contributed by atoms with E-state index in [1.165, 1.54) is 16.8 Å². The number of aromatic nitrogens is 4. The summed E-state index contributed by atoms with van der Waals surface area (Å²) in [7, 11) is 1.70. The monoisotopic (exact) mass is 368 g/mol. The van der Waals surface area contributed by atoms with Crippen molar-refractivity contribution in [3.63, 3.8) is 0 Å². The second kappa shape index (κ2) is 6.35. The Balaban J connectivity index is 1.58. The van der Waals surface area contributed by atoms with Crippen molar-refractivity contribution in [1.82, 2.24) is 20.0 Å². The SMILES string of the molecule is C[C@H]1CC(=O)Nc2c1c(NC(=O)c1cc(-c3ccc(F)cc3)n[nH]1)nn2C. The molecule has 0 spiro atoms. The van der Waals surface area contributed by atoms with Gasteiger partial charge in [0, 0.05) is 24.6 Å². The van der Waals surface area contributed by atoms with Crippen LogP contribution in [-0.4, -0.2) is 31.8 Å². The van der Waals surface area contributed by atoms with Gasteiger partial charge in [-0.15, -0.1) is 0 Å². The smallest absolute Gasteiger partial charge is 0.274 e. The Morgan fingerprint density at radius 3 is 2.81 bits per heavy atom. The number of benzene rings is 1. The molecule has 0 bridgehead atoms. The van der Waals surface area contributed by atoms with Gasteiger partial charge in [-0.05, 0) is 36.2 Å². The average molecular weight is 368 g/mol. The third-order valence-electron chi connectivity index (χ3n) is 4.52. The van der Waals surface area contributed by atoms with E-state index in [9.17, 15) is 14.0 Å². The Hall–Kier alpha value is -3.49. The van der Waals surface area contributed by atoms with Crippen molar-refractivity contribution in [3.05, 3.63) is 47.4 Å². The van der Waals surface area contributed by atoms with Crippen LogP contribution in [0.3, 0.4) is 0 Å². The molecule has 4 rings (SSSR count). The highest BCUT2D eigenvalue weighted by Crippen LogP contribution is 2.37. The Labute approximate surface area is 153 Å². The molecule has 3 aromatic rings. The van der Waals surface area contributed by atoms with Gasteiger partial charge in [-0.1, -0.05) is 6.92 Å². The highest BCUT2D eigenvalue weighted by Gasteiger charge is 2.30. The molecule has 3 heterocycles. The first-order valence-corrected chi connectivity index (χ1v) is 8.42. The van der Waals surface area contributed by atoms with Crippen molar-refractivity contribution in [1.29, 1.82) is 0 Å². The second-order valence-corrected chi connectivity index (χ2v) is 6.52. The molecule has 9 heteroatoms. The topological polar surface area (TPSA) is 105 Å². The zero-order chi connectivity index (χ0) is 19.1. The summed E-state index contributed by atoms with van der Waals surface area (Å²) in [6, 6.07) is 7.43. The fourth-order valence-electron chi connectivity index (χ4n) is 3.19. The van der Waals surface area contributed by atoms with Gasteiger partial charge in [-0.3, -0.25) is 19.4 Å². The third-order valence-corrected chi connectivity index (χ3v) is 4.52. The summed E-state index contributed by atoms with van der Waals surface area (Å²) >= 11 is 0. The molecule has 2 aromatic heterocycles. The molecule has 27 heavy (non-hydrogen) atoms. The Kier molecular flexibility index (Phi) is 3.98. The molecule has 1 aliphatic heterocycles. The molecular weight excluding hydrogens is 351 g/mol. The molecule has 0 aliphatic carbocycles. The number of aryl methyl sites for hydroxylation is 1. The normalized spacial score (nSPS) is 16.0. The maximum absolute atomic E-state index is 13.0. The standard InChI is InChI=1S/C18H17FN6O2/c1-9-7-14(26)20-17-15(9)16(24-25(17)2)21-18(27)13-8-12(22-23-13)10-3-5-11(19)6-4-10/h3-6,8-9H,7H2,1-2H3,(H,20,26)(H,22,23)(H,21,24,27)/t9-/m0/s1. The number of amides is 2. The van der Waals surface area contributed by atoms with Gasteiger partial charge in [0.2, 0.25) is 5.91 Å². The summed E-state index contributed by atoms with van der Waals surface area (Å²) in [5.41, 5.74) is 2.27. The number of halogens is 1. The van der Waals surface area contributed by atoms with E-state index in [4.69, 9.17) is 0 Å². The van der Waals surface area contributed by atoms with E-state index in [1.54, 1.807) is 25.2 Å². The average Bonchev–Trinajstić information content (AvgIpc) is 3.21. The van der Waals surface area contributed by atoms with E-state index >= 15 is 0 Å². The summed E-state index contributed by atoms with van der Waals surface area (Å²) in [6.07, 6.45) is 0.334. The minimum Gasteiger partial charge on any atom is -0.311 e. The van der Waals surface area contributed by atoms with Crippen molar-refractivity contribution < 1.29 is 14.0 Å². The summed E-state index contributed by atoms with van der Waals surface area (Å²) in [5, 5.41) is 16.7. The number of nitrogens with zero attached hydrogens (tertiary/aromatic N) is 3. The molecular formula is C18H17FN6O2. The van der Waals surface area contributed by atoms with Crippen LogP contribution in [0.2, 0.25) is 0 Å². The molecule has 1 aliphatic rings. The van der Waals surface area contributed by atoms with Crippen LogP contribution in [0.4, 0.5) is 16.0 Å². The number of aromatic amines is 1. The Morgan fingerprint density at radius 2 is 2.07 bits per heavy atom. The lowest BCUT2D eigenvalue weighted by Crippen LogP contribution is -2.23. The first-order chi connectivity index (χ1) is 12.9. The second-order valence-electron chi connectivity index (χ2n) is 6.52. The number of carbonyl (C=O) groups excluding carboxylic acids is 2. The number of H-pyrrole nitrogens is 1.